The molecule has 0 atom stereocenters. The van der Waals surface area contributed by atoms with Crippen molar-refractivity contribution in [1.29, 1.82) is 0 Å². The maximum Gasteiger partial charge on any atom is 0.0555 e. The number of aliphatic hydroxyl groups excluding tert-OH is 1. The molecule has 1 heterocycles. The van der Waals surface area contributed by atoms with Crippen LogP contribution in [0.25, 0.3) is 0 Å². The lowest BCUT2D eigenvalue weighted by Gasteiger charge is -2.37. The van der Waals surface area contributed by atoms with Crippen molar-refractivity contribution in [3.05, 3.63) is 21.9 Å². The second-order valence-electron chi connectivity index (χ2n) is 4.90. The van der Waals surface area contributed by atoms with Crippen LogP contribution in [0.1, 0.15) is 36.1 Å². The van der Waals surface area contributed by atoms with Crippen LogP contribution in [-0.2, 0) is 6.54 Å². The number of nitrogens with two attached hydrogens (primary N) is 1. The minimum absolute atomic E-state index is 0.271. The molecule has 104 valence electrons. The predicted octanol–water partition coefficient (Wildman–Crippen LogP) is 1.80. The lowest BCUT2D eigenvalue weighted by atomic mass is 9.91. The van der Waals surface area contributed by atoms with Crippen molar-refractivity contribution < 1.29 is 5.11 Å². The summed E-state index contributed by atoms with van der Waals surface area (Å²) in [6.45, 7) is 2.61. The van der Waals surface area contributed by atoms with Crippen molar-refractivity contribution >= 4 is 11.3 Å². The highest BCUT2D eigenvalue weighted by molar-refractivity contribution is 7.10. The monoisotopic (exact) mass is 278 g/mol. The molecule has 1 aromatic heterocycles. The van der Waals surface area contributed by atoms with Gasteiger partial charge in [0.15, 0.2) is 0 Å². The van der Waals surface area contributed by atoms with Crippen molar-refractivity contribution in [2.75, 3.05) is 19.7 Å². The molecule has 1 saturated carbocycles. The number of hydrogen-bond donors (Lipinski definition) is 2. The highest BCUT2D eigenvalue weighted by Gasteiger charge is 2.25. The lowest BCUT2D eigenvalue weighted by molar-refractivity contribution is 0.110. The molecule has 2 rings (SSSR count). The molecule has 0 aliphatic heterocycles. The van der Waals surface area contributed by atoms with Gasteiger partial charge in [-0.15, -0.1) is 11.3 Å². The summed E-state index contributed by atoms with van der Waals surface area (Å²) in [4.78, 5) is 3.82. The minimum atomic E-state index is 0.271. The molecule has 19 heavy (non-hydrogen) atoms. The van der Waals surface area contributed by atoms with Crippen LogP contribution in [0.2, 0.25) is 0 Å². The van der Waals surface area contributed by atoms with Crippen LogP contribution in [0, 0.1) is 11.8 Å². The van der Waals surface area contributed by atoms with E-state index < -0.39 is 0 Å². The Bertz CT molecular complexity index is 442. The summed E-state index contributed by atoms with van der Waals surface area (Å²) in [5.41, 5.74) is 6.55. The van der Waals surface area contributed by atoms with Crippen molar-refractivity contribution in [3.63, 3.8) is 0 Å². The highest BCUT2D eigenvalue weighted by atomic mass is 32.1. The first-order valence-corrected chi connectivity index (χ1v) is 7.83. The minimum Gasteiger partial charge on any atom is -0.396 e. The lowest BCUT2D eigenvalue weighted by Crippen LogP contribution is -2.40. The van der Waals surface area contributed by atoms with E-state index in [1.54, 1.807) is 11.3 Å². The molecule has 0 bridgehead atoms. The van der Waals surface area contributed by atoms with E-state index in [1.807, 2.05) is 0 Å². The third kappa shape index (κ3) is 4.05. The number of thiophene rings is 1. The Labute approximate surface area is 119 Å². The topological polar surface area (TPSA) is 49.5 Å². The molecule has 0 aromatic carbocycles. The van der Waals surface area contributed by atoms with Crippen LogP contribution < -0.4 is 5.73 Å². The first kappa shape index (κ1) is 14.5. The molecule has 4 heteroatoms. The molecule has 0 saturated heterocycles. The standard InChI is InChI=1S/C15H22N2OS/c16-8-2-4-13-7-11-19-15(13)12-17(9-3-10-18)14-5-1-6-14/h7,11,14,18H,1,3,5-6,8-10,12,16H2. The maximum atomic E-state index is 9.02. The molecule has 0 spiro atoms. The molecule has 1 fully saturated rings. The Morgan fingerprint density at radius 1 is 1.47 bits per heavy atom. The number of nitrogens with zero attached hydrogens (tertiary/aromatic N) is 1. The summed E-state index contributed by atoms with van der Waals surface area (Å²) in [7, 11) is 0. The first-order valence-electron chi connectivity index (χ1n) is 6.95. The highest BCUT2D eigenvalue weighted by Crippen LogP contribution is 2.28. The van der Waals surface area contributed by atoms with E-state index in [0.29, 0.717) is 12.6 Å². The Morgan fingerprint density at radius 2 is 2.32 bits per heavy atom. The summed E-state index contributed by atoms with van der Waals surface area (Å²) in [5, 5.41) is 11.1. The van der Waals surface area contributed by atoms with Gasteiger partial charge in [-0.25, -0.2) is 0 Å². The van der Waals surface area contributed by atoms with Crippen LogP contribution in [0.15, 0.2) is 11.4 Å². The van der Waals surface area contributed by atoms with E-state index in [1.165, 1.54) is 24.1 Å². The molecule has 1 aliphatic rings. The van der Waals surface area contributed by atoms with Gasteiger partial charge < -0.3 is 10.8 Å². The van der Waals surface area contributed by atoms with Gasteiger partial charge in [-0.05, 0) is 30.7 Å². The first-order chi connectivity index (χ1) is 9.35. The van der Waals surface area contributed by atoms with Gasteiger partial charge in [0.05, 0.1) is 6.54 Å². The SMILES string of the molecule is NCC#Cc1ccsc1CN(CCCO)C1CCC1. The van der Waals surface area contributed by atoms with Gasteiger partial charge >= 0.3 is 0 Å². The fraction of sp³-hybridized carbons (Fsp3) is 0.600. The number of hydrogen-bond acceptors (Lipinski definition) is 4. The smallest absolute Gasteiger partial charge is 0.0555 e. The van der Waals surface area contributed by atoms with Crippen molar-refractivity contribution in [2.24, 2.45) is 5.73 Å². The Balaban J connectivity index is 2.01. The Kier molecular flexibility index (Phi) is 5.87. The summed E-state index contributed by atoms with van der Waals surface area (Å²) < 4.78 is 0. The van der Waals surface area contributed by atoms with Gasteiger partial charge in [-0.3, -0.25) is 4.90 Å². The number of rotatable bonds is 6. The summed E-state index contributed by atoms with van der Waals surface area (Å²) in [6, 6.07) is 2.78. The number of aliphatic hydroxyl groups is 1. The fourth-order valence-electron chi connectivity index (χ4n) is 2.32. The average molecular weight is 278 g/mol. The van der Waals surface area contributed by atoms with Gasteiger partial charge in [-0.1, -0.05) is 18.3 Å². The van der Waals surface area contributed by atoms with E-state index >= 15 is 0 Å². The van der Waals surface area contributed by atoms with E-state index in [-0.39, 0.29) is 6.61 Å². The van der Waals surface area contributed by atoms with Crippen LogP contribution in [0.5, 0.6) is 0 Å². The fourth-order valence-corrected chi connectivity index (χ4v) is 3.18. The molecule has 0 radical (unpaired) electrons. The normalized spacial score (nSPS) is 15.1. The molecule has 3 N–H and O–H groups in total. The molecule has 1 aliphatic carbocycles. The molecular formula is C15H22N2OS. The molecular weight excluding hydrogens is 256 g/mol. The van der Waals surface area contributed by atoms with Crippen molar-refractivity contribution in [1.82, 2.24) is 4.90 Å². The van der Waals surface area contributed by atoms with Gasteiger partial charge in [0.2, 0.25) is 0 Å². The Morgan fingerprint density at radius 3 is 2.95 bits per heavy atom. The van der Waals surface area contributed by atoms with Crippen LogP contribution in [0.3, 0.4) is 0 Å². The van der Waals surface area contributed by atoms with Crippen LogP contribution in [0.4, 0.5) is 0 Å². The quantitative estimate of drug-likeness (QED) is 0.780. The predicted molar refractivity (Wildman–Crippen MR) is 80.0 cm³/mol. The van der Waals surface area contributed by atoms with Crippen molar-refractivity contribution in [2.45, 2.75) is 38.3 Å². The maximum absolute atomic E-state index is 9.02. The molecule has 1 aromatic rings. The summed E-state index contributed by atoms with van der Waals surface area (Å²) in [5.74, 6) is 6.08. The average Bonchev–Trinajstić information content (AvgIpc) is 2.78. The van der Waals surface area contributed by atoms with Gasteiger partial charge in [0.25, 0.3) is 0 Å². The van der Waals surface area contributed by atoms with Crippen LogP contribution >= 0.6 is 11.3 Å². The van der Waals surface area contributed by atoms with Gasteiger partial charge in [0.1, 0.15) is 0 Å². The molecule has 3 nitrogen and oxygen atoms in total. The Hall–Kier alpha value is -0.860. The van der Waals surface area contributed by atoms with Gasteiger partial charge in [0, 0.05) is 36.2 Å². The summed E-state index contributed by atoms with van der Waals surface area (Å²) >= 11 is 1.77. The zero-order valence-electron chi connectivity index (χ0n) is 11.3. The summed E-state index contributed by atoms with van der Waals surface area (Å²) in [6.07, 6.45) is 4.78. The van der Waals surface area contributed by atoms with E-state index in [9.17, 15) is 0 Å². The van der Waals surface area contributed by atoms with Gasteiger partial charge in [-0.2, -0.15) is 0 Å². The van der Waals surface area contributed by atoms with Crippen molar-refractivity contribution in [3.8, 4) is 11.8 Å². The second kappa shape index (κ2) is 7.66. The zero-order chi connectivity index (χ0) is 13.5. The molecule has 0 unspecified atom stereocenters. The van der Waals surface area contributed by atoms with E-state index in [0.717, 1.165) is 25.1 Å². The van der Waals surface area contributed by atoms with E-state index in [4.69, 9.17) is 10.8 Å². The molecule has 0 amide bonds. The third-order valence-corrected chi connectivity index (χ3v) is 4.52. The second-order valence-corrected chi connectivity index (χ2v) is 5.90. The zero-order valence-corrected chi connectivity index (χ0v) is 12.1. The largest absolute Gasteiger partial charge is 0.396 e. The van der Waals surface area contributed by atoms with Crippen LogP contribution in [-0.4, -0.2) is 35.7 Å². The third-order valence-electron chi connectivity index (χ3n) is 3.61. The van der Waals surface area contributed by atoms with E-state index in [2.05, 4.69) is 28.2 Å².